The third-order valence-electron chi connectivity index (χ3n) is 3.43. The van der Waals surface area contributed by atoms with Gasteiger partial charge in [-0.3, -0.25) is 0 Å². The average Bonchev–Trinajstić information content (AvgIpc) is 2.94. The lowest BCUT2D eigenvalue weighted by Crippen LogP contribution is -2.35. The first-order valence-corrected chi connectivity index (χ1v) is 8.10. The maximum absolute atomic E-state index is 12.6. The molecule has 0 saturated carbocycles. The molecule has 8 heteroatoms. The summed E-state index contributed by atoms with van der Waals surface area (Å²) < 4.78 is 36.8. The molecule has 21 heavy (non-hydrogen) atoms. The highest BCUT2D eigenvalue weighted by Gasteiger charge is 2.30. The first kappa shape index (κ1) is 14.4. The lowest BCUT2D eigenvalue weighted by molar-refractivity contribution is 0.331. The summed E-state index contributed by atoms with van der Waals surface area (Å²) >= 11 is 6.01. The largest absolute Gasteiger partial charge is 0.495 e. The number of halogens is 1. The molecular formula is C13H13ClN2O4S. The van der Waals surface area contributed by atoms with Gasteiger partial charge in [0.2, 0.25) is 10.0 Å². The minimum absolute atomic E-state index is 0.146. The Hall–Kier alpha value is -1.57. The molecule has 112 valence electrons. The Morgan fingerprint density at radius 2 is 2.24 bits per heavy atom. The quantitative estimate of drug-likeness (QED) is 0.862. The number of ether oxygens (including phenoxy) is 1. The van der Waals surface area contributed by atoms with Crippen molar-refractivity contribution in [3.8, 4) is 5.75 Å². The highest BCUT2D eigenvalue weighted by atomic mass is 35.5. The van der Waals surface area contributed by atoms with E-state index in [1.807, 2.05) is 0 Å². The van der Waals surface area contributed by atoms with Crippen LogP contribution in [0.15, 0.2) is 33.8 Å². The molecule has 2 heterocycles. The summed E-state index contributed by atoms with van der Waals surface area (Å²) in [6.07, 6.45) is 2.07. The highest BCUT2D eigenvalue weighted by molar-refractivity contribution is 7.89. The number of nitrogens with zero attached hydrogens (tertiary/aromatic N) is 2. The second kappa shape index (κ2) is 5.32. The minimum Gasteiger partial charge on any atom is -0.495 e. The summed E-state index contributed by atoms with van der Waals surface area (Å²) in [4.78, 5) is 0.146. The van der Waals surface area contributed by atoms with E-state index in [-0.39, 0.29) is 16.5 Å². The number of methoxy groups -OCH3 is 1. The van der Waals surface area contributed by atoms with Crippen molar-refractivity contribution in [3.05, 3.63) is 40.7 Å². The number of aromatic nitrogens is 1. The third kappa shape index (κ3) is 2.52. The van der Waals surface area contributed by atoms with Crippen LogP contribution in [0.4, 0.5) is 0 Å². The van der Waals surface area contributed by atoms with Crippen LogP contribution >= 0.6 is 11.6 Å². The van der Waals surface area contributed by atoms with Gasteiger partial charge >= 0.3 is 0 Å². The molecule has 0 radical (unpaired) electrons. The molecule has 1 aromatic carbocycles. The van der Waals surface area contributed by atoms with E-state index in [1.165, 1.54) is 23.5 Å². The number of hydrogen-bond donors (Lipinski definition) is 0. The molecule has 2 aromatic rings. The standard InChI is InChI=1S/C13H13ClN2O4S/c1-19-13-3-2-10(6-11(13)14)21(17,18)16-5-4-12-9(8-16)7-15-20-12/h2-3,6-7H,4-5,8H2,1H3. The molecule has 0 N–H and O–H groups in total. The fourth-order valence-corrected chi connectivity index (χ4v) is 4.04. The van der Waals surface area contributed by atoms with Gasteiger partial charge < -0.3 is 9.26 Å². The summed E-state index contributed by atoms with van der Waals surface area (Å²) in [5.74, 6) is 1.18. The lowest BCUT2D eigenvalue weighted by Gasteiger charge is -2.25. The molecule has 0 aliphatic carbocycles. The number of hydrogen-bond acceptors (Lipinski definition) is 5. The Morgan fingerprint density at radius 1 is 1.43 bits per heavy atom. The van der Waals surface area contributed by atoms with Gasteiger partial charge in [-0.1, -0.05) is 16.8 Å². The molecule has 1 aliphatic rings. The number of benzene rings is 1. The van der Waals surface area contributed by atoms with Gasteiger partial charge in [0, 0.05) is 25.1 Å². The summed E-state index contributed by atoms with van der Waals surface area (Å²) in [6.45, 7) is 0.610. The Morgan fingerprint density at radius 3 is 2.95 bits per heavy atom. The maximum atomic E-state index is 12.6. The van der Waals surface area contributed by atoms with Crippen molar-refractivity contribution in [3.63, 3.8) is 0 Å². The number of fused-ring (bicyclic) bond motifs is 1. The first-order valence-electron chi connectivity index (χ1n) is 6.28. The van der Waals surface area contributed by atoms with Crippen molar-refractivity contribution in [2.45, 2.75) is 17.9 Å². The summed E-state index contributed by atoms with van der Waals surface area (Å²) in [5.41, 5.74) is 0.796. The normalized spacial score (nSPS) is 15.7. The fourth-order valence-electron chi connectivity index (χ4n) is 2.28. The van der Waals surface area contributed by atoms with Gasteiger partial charge in [0.15, 0.2) is 0 Å². The Bertz CT molecular complexity index is 772. The van der Waals surface area contributed by atoms with Gasteiger partial charge in [0.05, 0.1) is 23.2 Å². The number of sulfonamides is 1. The smallest absolute Gasteiger partial charge is 0.243 e. The third-order valence-corrected chi connectivity index (χ3v) is 5.56. The zero-order valence-electron chi connectivity index (χ0n) is 11.2. The van der Waals surface area contributed by atoms with Crippen LogP contribution in [0.1, 0.15) is 11.3 Å². The first-order chi connectivity index (χ1) is 10.0. The zero-order valence-corrected chi connectivity index (χ0v) is 12.8. The molecule has 1 aliphatic heterocycles. The van der Waals surface area contributed by atoms with E-state index in [2.05, 4.69) is 5.16 Å². The highest BCUT2D eigenvalue weighted by Crippen LogP contribution is 2.30. The molecule has 0 bridgehead atoms. The summed E-state index contributed by atoms with van der Waals surface area (Å²) in [7, 11) is -2.13. The van der Waals surface area contributed by atoms with Crippen LogP contribution in [0.25, 0.3) is 0 Å². The van der Waals surface area contributed by atoms with Crippen LogP contribution in [0.3, 0.4) is 0 Å². The molecule has 0 saturated heterocycles. The van der Waals surface area contributed by atoms with Gasteiger partial charge in [0.1, 0.15) is 11.5 Å². The van der Waals surface area contributed by atoms with Crippen molar-refractivity contribution in [1.29, 1.82) is 0 Å². The molecular weight excluding hydrogens is 316 g/mol. The van der Waals surface area contributed by atoms with E-state index in [0.717, 1.165) is 11.3 Å². The van der Waals surface area contributed by atoms with Gasteiger partial charge in [-0.05, 0) is 18.2 Å². The van der Waals surface area contributed by atoms with Gasteiger partial charge in [-0.25, -0.2) is 8.42 Å². The van der Waals surface area contributed by atoms with Crippen LogP contribution < -0.4 is 4.74 Å². The Labute approximate surface area is 127 Å². The van der Waals surface area contributed by atoms with Crippen LogP contribution in [0.2, 0.25) is 5.02 Å². The topological polar surface area (TPSA) is 72.6 Å². The van der Waals surface area contributed by atoms with Gasteiger partial charge in [-0.2, -0.15) is 4.31 Å². The van der Waals surface area contributed by atoms with Crippen LogP contribution in [0, 0.1) is 0 Å². The van der Waals surface area contributed by atoms with E-state index in [9.17, 15) is 8.42 Å². The second-order valence-electron chi connectivity index (χ2n) is 4.66. The molecule has 0 amide bonds. The predicted octanol–water partition coefficient (Wildman–Crippen LogP) is 2.08. The zero-order chi connectivity index (χ0) is 15.0. The molecule has 6 nitrogen and oxygen atoms in total. The van der Waals surface area contributed by atoms with Crippen molar-refractivity contribution >= 4 is 21.6 Å². The van der Waals surface area contributed by atoms with E-state index in [0.29, 0.717) is 18.7 Å². The molecule has 0 spiro atoms. The fraction of sp³-hybridized carbons (Fsp3) is 0.308. The monoisotopic (exact) mass is 328 g/mol. The number of rotatable bonds is 3. The van der Waals surface area contributed by atoms with Crippen molar-refractivity contribution < 1.29 is 17.7 Å². The second-order valence-corrected chi connectivity index (χ2v) is 7.00. The molecule has 0 unspecified atom stereocenters. The predicted molar refractivity (Wildman–Crippen MR) is 75.8 cm³/mol. The van der Waals surface area contributed by atoms with Gasteiger partial charge in [0.25, 0.3) is 0 Å². The van der Waals surface area contributed by atoms with Crippen molar-refractivity contribution in [2.75, 3.05) is 13.7 Å². The minimum atomic E-state index is -3.61. The van der Waals surface area contributed by atoms with E-state index in [1.54, 1.807) is 12.3 Å². The van der Waals surface area contributed by atoms with Crippen LogP contribution in [0.5, 0.6) is 5.75 Å². The molecule has 3 rings (SSSR count). The summed E-state index contributed by atoms with van der Waals surface area (Å²) in [5, 5.41) is 3.96. The van der Waals surface area contributed by atoms with Crippen molar-refractivity contribution in [1.82, 2.24) is 9.46 Å². The summed E-state index contributed by atoms with van der Waals surface area (Å²) in [6, 6.07) is 4.44. The van der Waals surface area contributed by atoms with E-state index < -0.39 is 10.0 Å². The Balaban J connectivity index is 1.93. The maximum Gasteiger partial charge on any atom is 0.243 e. The van der Waals surface area contributed by atoms with Crippen LogP contribution in [-0.4, -0.2) is 31.5 Å². The SMILES string of the molecule is COc1ccc(S(=O)(=O)N2CCc3oncc3C2)cc1Cl. The van der Waals surface area contributed by atoms with Gasteiger partial charge in [-0.15, -0.1) is 0 Å². The van der Waals surface area contributed by atoms with E-state index in [4.69, 9.17) is 20.9 Å². The van der Waals surface area contributed by atoms with Crippen molar-refractivity contribution in [2.24, 2.45) is 0 Å². The average molecular weight is 329 g/mol. The molecule has 0 atom stereocenters. The lowest BCUT2D eigenvalue weighted by atomic mass is 10.1. The van der Waals surface area contributed by atoms with E-state index >= 15 is 0 Å². The Kier molecular flexibility index (Phi) is 3.64. The molecule has 0 fully saturated rings. The molecule has 1 aromatic heterocycles. The van der Waals surface area contributed by atoms with Crippen LogP contribution in [-0.2, 0) is 23.0 Å².